The van der Waals surface area contributed by atoms with Gasteiger partial charge in [0.1, 0.15) is 5.82 Å². The van der Waals surface area contributed by atoms with Gasteiger partial charge in [0.05, 0.1) is 17.3 Å². The average Bonchev–Trinajstić information content (AvgIpc) is 2.37. The molecule has 4 N–H and O–H groups in total. The van der Waals surface area contributed by atoms with Crippen LogP contribution in [-0.4, -0.2) is 35.0 Å². The smallest absolute Gasteiger partial charge is 0.335 e. The lowest BCUT2D eigenvalue weighted by atomic mass is 10.2. The van der Waals surface area contributed by atoms with E-state index in [-0.39, 0.29) is 11.3 Å². The van der Waals surface area contributed by atoms with Gasteiger partial charge in [-0.25, -0.2) is 9.18 Å². The predicted octanol–water partition coefficient (Wildman–Crippen LogP) is 1.54. The van der Waals surface area contributed by atoms with Gasteiger partial charge in [-0.05, 0) is 36.6 Å². The largest absolute Gasteiger partial charge is 0.478 e. The van der Waals surface area contributed by atoms with Crippen molar-refractivity contribution in [3.8, 4) is 0 Å². The van der Waals surface area contributed by atoms with Crippen molar-refractivity contribution in [1.29, 1.82) is 0 Å². The molecule has 0 aliphatic carbocycles. The Labute approximate surface area is 114 Å². The van der Waals surface area contributed by atoms with Crippen molar-refractivity contribution < 1.29 is 19.1 Å². The predicted molar refractivity (Wildman–Crippen MR) is 73.0 cm³/mol. The van der Waals surface area contributed by atoms with Gasteiger partial charge >= 0.3 is 5.97 Å². The van der Waals surface area contributed by atoms with Crippen molar-refractivity contribution in [2.75, 3.05) is 17.3 Å². The molecule has 104 valence electrons. The Balaban J connectivity index is 2.72. The second kappa shape index (κ2) is 7.10. The third kappa shape index (κ3) is 4.53. The molecular weight excluding hydrogens is 271 g/mol. The molecule has 0 aromatic heterocycles. The van der Waals surface area contributed by atoms with Crippen LogP contribution in [0.3, 0.4) is 0 Å². The summed E-state index contributed by atoms with van der Waals surface area (Å²) in [5, 5.41) is 11.0. The molecule has 5 nitrogen and oxygen atoms in total. The van der Waals surface area contributed by atoms with Gasteiger partial charge in [0, 0.05) is 0 Å². The highest BCUT2D eigenvalue weighted by molar-refractivity contribution is 7.98. The second-order valence-electron chi connectivity index (χ2n) is 3.88. The number of amides is 1. The first kappa shape index (κ1) is 15.5. The van der Waals surface area contributed by atoms with Crippen molar-refractivity contribution in [3.05, 3.63) is 29.6 Å². The van der Waals surface area contributed by atoms with Crippen LogP contribution in [-0.2, 0) is 4.79 Å². The average molecular weight is 286 g/mol. The number of hydrogen-bond donors (Lipinski definition) is 3. The van der Waals surface area contributed by atoms with Crippen LogP contribution in [0.1, 0.15) is 16.8 Å². The highest BCUT2D eigenvalue weighted by atomic mass is 32.2. The molecule has 1 rings (SSSR count). The first-order valence-electron chi connectivity index (χ1n) is 5.54. The molecule has 0 saturated carbocycles. The van der Waals surface area contributed by atoms with E-state index in [2.05, 4.69) is 5.32 Å². The summed E-state index contributed by atoms with van der Waals surface area (Å²) in [5.41, 5.74) is 5.38. The summed E-state index contributed by atoms with van der Waals surface area (Å²) in [4.78, 5) is 22.3. The number of anilines is 1. The zero-order valence-corrected chi connectivity index (χ0v) is 11.2. The van der Waals surface area contributed by atoms with Crippen LogP contribution in [0.25, 0.3) is 0 Å². The molecule has 1 amide bonds. The summed E-state index contributed by atoms with van der Waals surface area (Å²) in [7, 11) is 0. The summed E-state index contributed by atoms with van der Waals surface area (Å²) < 4.78 is 13.6. The van der Waals surface area contributed by atoms with Gasteiger partial charge < -0.3 is 16.2 Å². The van der Waals surface area contributed by atoms with E-state index in [1.807, 2.05) is 6.26 Å². The van der Waals surface area contributed by atoms with Crippen LogP contribution in [0.5, 0.6) is 0 Å². The fourth-order valence-electron chi connectivity index (χ4n) is 1.35. The molecule has 1 aromatic rings. The maximum atomic E-state index is 13.6. The van der Waals surface area contributed by atoms with Crippen LogP contribution >= 0.6 is 11.8 Å². The Hall–Kier alpha value is -1.60. The number of carbonyl (C=O) groups excluding carboxylic acids is 1. The van der Waals surface area contributed by atoms with Gasteiger partial charge in [-0.15, -0.1) is 0 Å². The number of nitrogens with two attached hydrogens (primary N) is 1. The van der Waals surface area contributed by atoms with E-state index in [0.29, 0.717) is 6.42 Å². The van der Waals surface area contributed by atoms with Crippen LogP contribution < -0.4 is 11.1 Å². The number of carboxylic acids is 1. The zero-order valence-electron chi connectivity index (χ0n) is 10.4. The maximum absolute atomic E-state index is 13.6. The van der Waals surface area contributed by atoms with E-state index in [0.717, 1.165) is 11.8 Å². The van der Waals surface area contributed by atoms with E-state index in [1.165, 1.54) is 12.1 Å². The maximum Gasteiger partial charge on any atom is 0.335 e. The Kier molecular flexibility index (Phi) is 5.78. The Morgan fingerprint density at radius 2 is 2.21 bits per heavy atom. The van der Waals surface area contributed by atoms with E-state index < -0.39 is 23.7 Å². The summed E-state index contributed by atoms with van der Waals surface area (Å²) >= 11 is 1.56. The Morgan fingerprint density at radius 1 is 1.53 bits per heavy atom. The van der Waals surface area contributed by atoms with Crippen molar-refractivity contribution in [3.63, 3.8) is 0 Å². The number of carboxylic acid groups (broad SMARTS) is 1. The molecule has 1 atom stereocenters. The van der Waals surface area contributed by atoms with Gasteiger partial charge in [0.15, 0.2) is 0 Å². The van der Waals surface area contributed by atoms with Crippen molar-refractivity contribution >= 4 is 29.3 Å². The molecule has 0 bridgehead atoms. The standard InChI is InChI=1S/C12H15FN2O3S/c1-19-5-4-9(14)11(16)15-10-3-2-7(12(17)18)6-8(10)13/h2-3,6,9H,4-5,14H2,1H3,(H,15,16)(H,17,18)/t9-/m1/s1. The van der Waals surface area contributed by atoms with Crippen LogP contribution in [0.4, 0.5) is 10.1 Å². The summed E-state index contributed by atoms with van der Waals surface area (Å²) in [6.07, 6.45) is 2.39. The van der Waals surface area contributed by atoms with E-state index in [9.17, 15) is 14.0 Å². The third-order valence-corrected chi connectivity index (χ3v) is 3.09. The molecule has 0 unspecified atom stereocenters. The molecule has 7 heteroatoms. The lowest BCUT2D eigenvalue weighted by Gasteiger charge is -2.12. The summed E-state index contributed by atoms with van der Waals surface area (Å²) in [5.74, 6) is -1.79. The highest BCUT2D eigenvalue weighted by Crippen LogP contribution is 2.16. The summed E-state index contributed by atoms with van der Waals surface area (Å²) in [6.45, 7) is 0. The minimum Gasteiger partial charge on any atom is -0.478 e. The topological polar surface area (TPSA) is 92.4 Å². The minimum atomic E-state index is -1.23. The van der Waals surface area contributed by atoms with Crippen LogP contribution in [0.2, 0.25) is 0 Å². The van der Waals surface area contributed by atoms with Gasteiger partial charge in [-0.3, -0.25) is 4.79 Å². The second-order valence-corrected chi connectivity index (χ2v) is 4.86. The van der Waals surface area contributed by atoms with Gasteiger partial charge in [-0.1, -0.05) is 0 Å². The Bertz CT molecular complexity index is 482. The van der Waals surface area contributed by atoms with E-state index in [1.54, 1.807) is 11.8 Å². The van der Waals surface area contributed by atoms with Crippen molar-refractivity contribution in [2.24, 2.45) is 5.73 Å². The fraction of sp³-hybridized carbons (Fsp3) is 0.333. The number of halogens is 1. The molecule has 0 saturated heterocycles. The van der Waals surface area contributed by atoms with E-state index >= 15 is 0 Å². The SMILES string of the molecule is CSCC[C@@H](N)C(=O)Nc1ccc(C(=O)O)cc1F. The third-order valence-electron chi connectivity index (χ3n) is 2.44. The van der Waals surface area contributed by atoms with Crippen molar-refractivity contribution in [1.82, 2.24) is 0 Å². The first-order valence-corrected chi connectivity index (χ1v) is 6.93. The van der Waals surface area contributed by atoms with Gasteiger partial charge in [0.25, 0.3) is 0 Å². The fourth-order valence-corrected chi connectivity index (χ4v) is 1.84. The van der Waals surface area contributed by atoms with Crippen LogP contribution in [0, 0.1) is 5.82 Å². The van der Waals surface area contributed by atoms with Gasteiger partial charge in [0.2, 0.25) is 5.91 Å². The molecule has 0 aliphatic rings. The summed E-state index contributed by atoms with van der Waals surface area (Å²) in [6, 6.07) is 2.56. The number of rotatable bonds is 6. The molecule has 0 spiro atoms. The molecule has 0 radical (unpaired) electrons. The molecule has 0 fully saturated rings. The molecular formula is C12H15FN2O3S. The van der Waals surface area contributed by atoms with Crippen molar-refractivity contribution in [2.45, 2.75) is 12.5 Å². The molecule has 1 aromatic carbocycles. The number of aromatic carboxylic acids is 1. The normalized spacial score (nSPS) is 11.9. The lowest BCUT2D eigenvalue weighted by Crippen LogP contribution is -2.36. The van der Waals surface area contributed by atoms with Gasteiger partial charge in [-0.2, -0.15) is 11.8 Å². The Morgan fingerprint density at radius 3 is 2.74 bits per heavy atom. The number of nitrogens with one attached hydrogen (secondary N) is 1. The van der Waals surface area contributed by atoms with E-state index in [4.69, 9.17) is 10.8 Å². The number of benzene rings is 1. The molecule has 0 heterocycles. The molecule has 0 aliphatic heterocycles. The highest BCUT2D eigenvalue weighted by Gasteiger charge is 2.15. The first-order chi connectivity index (χ1) is 8.95. The monoisotopic (exact) mass is 286 g/mol. The quantitative estimate of drug-likeness (QED) is 0.737. The minimum absolute atomic E-state index is 0.0744. The van der Waals surface area contributed by atoms with Crippen LogP contribution in [0.15, 0.2) is 18.2 Å². The lowest BCUT2D eigenvalue weighted by molar-refractivity contribution is -0.117. The molecule has 19 heavy (non-hydrogen) atoms. The number of carbonyl (C=O) groups is 2. The number of hydrogen-bond acceptors (Lipinski definition) is 4. The number of thioether (sulfide) groups is 1. The zero-order chi connectivity index (χ0) is 14.4.